The molecule has 0 saturated carbocycles. The van der Waals surface area contributed by atoms with Gasteiger partial charge < -0.3 is 15.1 Å². The van der Waals surface area contributed by atoms with Crippen LogP contribution in [0.25, 0.3) is 6.08 Å². The number of hydrogen-bond acceptors (Lipinski definition) is 3. The maximum Gasteiger partial charge on any atom is 0.328 e. The van der Waals surface area contributed by atoms with Gasteiger partial charge in [-0.05, 0) is 36.6 Å². The van der Waals surface area contributed by atoms with Gasteiger partial charge in [0.05, 0.1) is 5.92 Å². The van der Waals surface area contributed by atoms with Gasteiger partial charge in [0.1, 0.15) is 0 Å². The number of carboxylic acid groups (broad SMARTS) is 2. The summed E-state index contributed by atoms with van der Waals surface area (Å²) in [5.74, 6) is -2.33. The predicted octanol–water partition coefficient (Wildman–Crippen LogP) is 1.72. The summed E-state index contributed by atoms with van der Waals surface area (Å²) in [6.07, 6.45) is 3.43. The Bertz CT molecular complexity index is 597. The Labute approximate surface area is 127 Å². The van der Waals surface area contributed by atoms with E-state index < -0.39 is 11.9 Å². The van der Waals surface area contributed by atoms with Crippen molar-refractivity contribution >= 4 is 23.9 Å². The van der Waals surface area contributed by atoms with Gasteiger partial charge in [0.25, 0.3) is 5.91 Å². The number of likely N-dealkylation sites (tertiary alicyclic amines) is 1. The SMILES string of the molecule is O=C(O)/C=C/c1ccc(C(=O)N2CCC(C(=O)O)CC2)cc1. The van der Waals surface area contributed by atoms with Crippen LogP contribution in [0.1, 0.15) is 28.8 Å². The van der Waals surface area contributed by atoms with E-state index in [2.05, 4.69) is 0 Å². The quantitative estimate of drug-likeness (QED) is 0.826. The lowest BCUT2D eigenvalue weighted by Crippen LogP contribution is -2.40. The van der Waals surface area contributed by atoms with E-state index in [0.717, 1.165) is 6.08 Å². The Morgan fingerprint density at radius 1 is 1.05 bits per heavy atom. The average Bonchev–Trinajstić information content (AvgIpc) is 2.53. The molecule has 2 N–H and O–H groups in total. The summed E-state index contributed by atoms with van der Waals surface area (Å²) < 4.78 is 0. The van der Waals surface area contributed by atoms with Crippen LogP contribution in [0.2, 0.25) is 0 Å². The Balaban J connectivity index is 1.98. The molecule has 1 aromatic carbocycles. The molecule has 1 aromatic rings. The van der Waals surface area contributed by atoms with Crippen molar-refractivity contribution in [1.82, 2.24) is 4.90 Å². The highest BCUT2D eigenvalue weighted by molar-refractivity contribution is 5.94. The van der Waals surface area contributed by atoms with Crippen LogP contribution in [0.3, 0.4) is 0 Å². The van der Waals surface area contributed by atoms with Crippen LogP contribution < -0.4 is 0 Å². The molecular formula is C16H17NO5. The first-order valence-corrected chi connectivity index (χ1v) is 7.00. The predicted molar refractivity (Wildman–Crippen MR) is 79.4 cm³/mol. The average molecular weight is 303 g/mol. The lowest BCUT2D eigenvalue weighted by molar-refractivity contribution is -0.143. The molecule has 1 aliphatic rings. The first-order valence-electron chi connectivity index (χ1n) is 7.00. The number of nitrogens with zero attached hydrogens (tertiary/aromatic N) is 1. The molecule has 1 aliphatic heterocycles. The third-order valence-electron chi connectivity index (χ3n) is 3.71. The highest BCUT2D eigenvalue weighted by Crippen LogP contribution is 2.19. The van der Waals surface area contributed by atoms with Gasteiger partial charge in [-0.3, -0.25) is 9.59 Å². The second kappa shape index (κ2) is 6.89. The monoisotopic (exact) mass is 303 g/mol. The lowest BCUT2D eigenvalue weighted by Gasteiger charge is -2.30. The Hall–Kier alpha value is -2.63. The van der Waals surface area contributed by atoms with Crippen molar-refractivity contribution in [1.29, 1.82) is 0 Å². The molecule has 1 saturated heterocycles. The van der Waals surface area contributed by atoms with E-state index in [-0.39, 0.29) is 11.8 Å². The molecule has 0 unspecified atom stereocenters. The van der Waals surface area contributed by atoms with Gasteiger partial charge in [0, 0.05) is 24.7 Å². The van der Waals surface area contributed by atoms with Crippen molar-refractivity contribution in [3.8, 4) is 0 Å². The number of rotatable bonds is 4. The van der Waals surface area contributed by atoms with E-state index in [0.29, 0.717) is 37.1 Å². The molecule has 0 bridgehead atoms. The minimum Gasteiger partial charge on any atom is -0.481 e. The molecule has 22 heavy (non-hydrogen) atoms. The van der Waals surface area contributed by atoms with Gasteiger partial charge in [0.2, 0.25) is 0 Å². The maximum atomic E-state index is 12.3. The van der Waals surface area contributed by atoms with E-state index in [4.69, 9.17) is 10.2 Å². The van der Waals surface area contributed by atoms with Gasteiger partial charge in [-0.15, -0.1) is 0 Å². The van der Waals surface area contributed by atoms with E-state index in [9.17, 15) is 14.4 Å². The third kappa shape index (κ3) is 3.94. The van der Waals surface area contributed by atoms with Crippen molar-refractivity contribution in [2.75, 3.05) is 13.1 Å². The molecule has 0 aliphatic carbocycles. The summed E-state index contributed by atoms with van der Waals surface area (Å²) in [5.41, 5.74) is 1.21. The van der Waals surface area contributed by atoms with E-state index in [1.54, 1.807) is 29.2 Å². The molecule has 0 aromatic heterocycles. The molecule has 0 radical (unpaired) electrons. The first-order chi connectivity index (χ1) is 10.5. The normalized spacial score (nSPS) is 15.9. The fourth-order valence-electron chi connectivity index (χ4n) is 2.42. The molecule has 6 heteroatoms. The van der Waals surface area contributed by atoms with Crippen LogP contribution in [0.4, 0.5) is 0 Å². The number of carbonyl (C=O) groups excluding carboxylic acids is 1. The first kappa shape index (κ1) is 15.8. The zero-order chi connectivity index (χ0) is 16.1. The molecule has 0 spiro atoms. The van der Waals surface area contributed by atoms with Crippen LogP contribution in [0.5, 0.6) is 0 Å². The van der Waals surface area contributed by atoms with Crippen LogP contribution in [-0.2, 0) is 9.59 Å². The van der Waals surface area contributed by atoms with Gasteiger partial charge in [-0.1, -0.05) is 12.1 Å². The Kier molecular flexibility index (Phi) is 4.93. The second-order valence-electron chi connectivity index (χ2n) is 5.20. The van der Waals surface area contributed by atoms with Crippen LogP contribution in [0, 0.1) is 5.92 Å². The smallest absolute Gasteiger partial charge is 0.328 e. The van der Waals surface area contributed by atoms with E-state index >= 15 is 0 Å². The van der Waals surface area contributed by atoms with Crippen molar-refractivity contribution in [2.45, 2.75) is 12.8 Å². The summed E-state index contributed by atoms with van der Waals surface area (Å²) in [6, 6.07) is 6.65. The summed E-state index contributed by atoms with van der Waals surface area (Å²) in [5, 5.41) is 17.5. The van der Waals surface area contributed by atoms with Gasteiger partial charge >= 0.3 is 11.9 Å². The zero-order valence-electron chi connectivity index (χ0n) is 11.9. The largest absolute Gasteiger partial charge is 0.481 e. The number of piperidine rings is 1. The van der Waals surface area contributed by atoms with E-state index in [1.807, 2.05) is 0 Å². The second-order valence-corrected chi connectivity index (χ2v) is 5.20. The molecule has 116 valence electrons. The number of benzene rings is 1. The van der Waals surface area contributed by atoms with Gasteiger partial charge in [-0.25, -0.2) is 4.79 Å². The Morgan fingerprint density at radius 2 is 1.64 bits per heavy atom. The topological polar surface area (TPSA) is 94.9 Å². The minimum absolute atomic E-state index is 0.127. The fraction of sp³-hybridized carbons (Fsp3) is 0.312. The van der Waals surface area contributed by atoms with Crippen LogP contribution >= 0.6 is 0 Å². The summed E-state index contributed by atoms with van der Waals surface area (Å²) in [7, 11) is 0. The van der Waals surface area contributed by atoms with Gasteiger partial charge in [0.15, 0.2) is 0 Å². The van der Waals surface area contributed by atoms with Crippen molar-refractivity contribution in [3.63, 3.8) is 0 Å². The van der Waals surface area contributed by atoms with Gasteiger partial charge in [-0.2, -0.15) is 0 Å². The fourth-order valence-corrected chi connectivity index (χ4v) is 2.42. The highest BCUT2D eigenvalue weighted by atomic mass is 16.4. The minimum atomic E-state index is -1.03. The van der Waals surface area contributed by atoms with Crippen molar-refractivity contribution in [2.24, 2.45) is 5.92 Å². The molecule has 2 rings (SSSR count). The lowest BCUT2D eigenvalue weighted by atomic mass is 9.96. The number of carboxylic acids is 2. The maximum absolute atomic E-state index is 12.3. The molecule has 0 atom stereocenters. The summed E-state index contributed by atoms with van der Waals surface area (Å²) in [6.45, 7) is 0.882. The molecule has 1 amide bonds. The standard InChI is InChI=1S/C16H17NO5/c18-14(19)6-3-11-1-4-12(5-2-11)15(20)17-9-7-13(8-10-17)16(21)22/h1-6,13H,7-10H2,(H,18,19)(H,21,22)/b6-3+. The number of aliphatic carboxylic acids is 2. The third-order valence-corrected chi connectivity index (χ3v) is 3.71. The summed E-state index contributed by atoms with van der Waals surface area (Å²) in [4.78, 5) is 35.3. The van der Waals surface area contributed by atoms with Crippen LogP contribution in [0.15, 0.2) is 30.3 Å². The zero-order valence-corrected chi connectivity index (χ0v) is 11.9. The van der Waals surface area contributed by atoms with Crippen molar-refractivity contribution in [3.05, 3.63) is 41.5 Å². The van der Waals surface area contributed by atoms with Crippen molar-refractivity contribution < 1.29 is 24.6 Å². The highest BCUT2D eigenvalue weighted by Gasteiger charge is 2.27. The number of carbonyl (C=O) groups is 3. The Morgan fingerprint density at radius 3 is 2.14 bits per heavy atom. The molecule has 1 fully saturated rings. The number of hydrogen-bond donors (Lipinski definition) is 2. The molecule has 1 heterocycles. The molecular weight excluding hydrogens is 286 g/mol. The number of amides is 1. The van der Waals surface area contributed by atoms with E-state index in [1.165, 1.54) is 6.08 Å². The van der Waals surface area contributed by atoms with Crippen LogP contribution in [-0.4, -0.2) is 46.0 Å². The molecule has 6 nitrogen and oxygen atoms in total. The summed E-state index contributed by atoms with van der Waals surface area (Å²) >= 11 is 0.